The first-order chi connectivity index (χ1) is 9.91. The Hall–Kier alpha value is -2.10. The van der Waals surface area contributed by atoms with Crippen LogP contribution in [0.3, 0.4) is 0 Å². The summed E-state index contributed by atoms with van der Waals surface area (Å²) in [5.41, 5.74) is 1.45. The van der Waals surface area contributed by atoms with Gasteiger partial charge in [-0.05, 0) is 36.8 Å². The lowest BCUT2D eigenvalue weighted by Gasteiger charge is -2.09. The van der Waals surface area contributed by atoms with Gasteiger partial charge < -0.3 is 4.74 Å². The molecule has 0 spiro atoms. The number of halogens is 1. The molecule has 0 aliphatic heterocycles. The molecule has 108 valence electrons. The van der Waals surface area contributed by atoms with Crippen molar-refractivity contribution in [2.75, 3.05) is 0 Å². The molecule has 0 fully saturated rings. The van der Waals surface area contributed by atoms with Crippen molar-refractivity contribution in [3.05, 3.63) is 53.3 Å². The Morgan fingerprint density at radius 2 is 2.14 bits per heavy atom. The van der Waals surface area contributed by atoms with E-state index in [1.807, 2.05) is 6.07 Å². The molecule has 1 aromatic heterocycles. The molecule has 0 bridgehead atoms. The Morgan fingerprint density at radius 1 is 1.38 bits per heavy atom. The monoisotopic (exact) mass is 322 g/mol. The predicted molar refractivity (Wildman–Crippen MR) is 77.5 cm³/mol. The minimum Gasteiger partial charge on any atom is -0.489 e. The lowest BCUT2D eigenvalue weighted by Crippen LogP contribution is -2.01. The SMILES string of the molecule is Cc1cc(OCc2cccnc2C#N)ccc1S(=O)(=O)Cl. The fourth-order valence-corrected chi connectivity index (χ4v) is 3.00. The van der Waals surface area contributed by atoms with Crippen LogP contribution in [0, 0.1) is 18.3 Å². The summed E-state index contributed by atoms with van der Waals surface area (Å²) in [4.78, 5) is 3.99. The Labute approximate surface area is 127 Å². The van der Waals surface area contributed by atoms with Crippen molar-refractivity contribution >= 4 is 19.7 Å². The summed E-state index contributed by atoms with van der Waals surface area (Å²) in [6.45, 7) is 1.80. The van der Waals surface area contributed by atoms with Crippen molar-refractivity contribution in [2.45, 2.75) is 18.4 Å². The van der Waals surface area contributed by atoms with Crippen LogP contribution in [0.1, 0.15) is 16.8 Å². The smallest absolute Gasteiger partial charge is 0.261 e. The number of aryl methyl sites for hydroxylation is 1. The Morgan fingerprint density at radius 3 is 2.76 bits per heavy atom. The summed E-state index contributed by atoms with van der Waals surface area (Å²) in [6, 6.07) is 9.94. The van der Waals surface area contributed by atoms with Crippen LogP contribution < -0.4 is 4.74 Å². The van der Waals surface area contributed by atoms with Crippen LogP contribution in [-0.4, -0.2) is 13.4 Å². The lowest BCUT2D eigenvalue weighted by molar-refractivity contribution is 0.305. The Balaban J connectivity index is 2.19. The number of pyridine rings is 1. The first-order valence-electron chi connectivity index (χ1n) is 5.94. The third-order valence-electron chi connectivity index (χ3n) is 2.80. The number of rotatable bonds is 4. The van der Waals surface area contributed by atoms with E-state index >= 15 is 0 Å². The molecule has 0 saturated carbocycles. The molecule has 2 aromatic rings. The summed E-state index contributed by atoms with van der Waals surface area (Å²) >= 11 is 0. The van der Waals surface area contributed by atoms with Gasteiger partial charge in [-0.15, -0.1) is 0 Å². The van der Waals surface area contributed by atoms with E-state index in [1.165, 1.54) is 18.3 Å². The second-order valence-corrected chi connectivity index (χ2v) is 6.81. The van der Waals surface area contributed by atoms with Crippen molar-refractivity contribution in [3.8, 4) is 11.8 Å². The van der Waals surface area contributed by atoms with Gasteiger partial charge in [0.15, 0.2) is 0 Å². The maximum atomic E-state index is 11.3. The molecule has 0 saturated heterocycles. The molecule has 0 aliphatic carbocycles. The van der Waals surface area contributed by atoms with Crippen LogP contribution in [0.5, 0.6) is 5.75 Å². The number of nitrogens with zero attached hydrogens (tertiary/aromatic N) is 2. The third kappa shape index (κ3) is 3.72. The second-order valence-electron chi connectivity index (χ2n) is 4.28. The highest BCUT2D eigenvalue weighted by molar-refractivity contribution is 8.13. The fraction of sp³-hybridized carbons (Fsp3) is 0.143. The van der Waals surface area contributed by atoms with Gasteiger partial charge in [-0.1, -0.05) is 6.07 Å². The molecule has 2 rings (SSSR count). The topological polar surface area (TPSA) is 80.0 Å². The highest BCUT2D eigenvalue weighted by atomic mass is 35.7. The molecular weight excluding hydrogens is 312 g/mol. The highest BCUT2D eigenvalue weighted by Gasteiger charge is 2.14. The largest absolute Gasteiger partial charge is 0.489 e. The van der Waals surface area contributed by atoms with Crippen molar-refractivity contribution in [2.24, 2.45) is 0 Å². The zero-order valence-electron chi connectivity index (χ0n) is 11.1. The molecule has 1 aromatic carbocycles. The molecular formula is C14H11ClN2O3S. The third-order valence-corrected chi connectivity index (χ3v) is 4.28. The molecule has 0 atom stereocenters. The van der Waals surface area contributed by atoms with Gasteiger partial charge in [0.25, 0.3) is 9.05 Å². The average molecular weight is 323 g/mol. The number of hydrogen-bond donors (Lipinski definition) is 0. The lowest BCUT2D eigenvalue weighted by atomic mass is 10.2. The van der Waals surface area contributed by atoms with Gasteiger partial charge in [0, 0.05) is 22.4 Å². The van der Waals surface area contributed by atoms with E-state index in [0.29, 0.717) is 22.6 Å². The van der Waals surface area contributed by atoms with Crippen molar-refractivity contribution in [3.63, 3.8) is 0 Å². The molecule has 0 radical (unpaired) electrons. The summed E-state index contributed by atoms with van der Waals surface area (Å²) in [5.74, 6) is 0.490. The van der Waals surface area contributed by atoms with Gasteiger partial charge >= 0.3 is 0 Å². The van der Waals surface area contributed by atoms with Crippen LogP contribution in [0.15, 0.2) is 41.4 Å². The standard InChI is InChI=1S/C14H11ClN2O3S/c1-10-7-12(4-5-14(10)21(15,18)19)20-9-11-3-2-6-17-13(11)8-16/h2-7H,9H2,1H3. The molecule has 0 N–H and O–H groups in total. The molecule has 0 unspecified atom stereocenters. The fourth-order valence-electron chi connectivity index (χ4n) is 1.80. The summed E-state index contributed by atoms with van der Waals surface area (Å²) < 4.78 is 28.2. The number of ether oxygens (including phenoxy) is 1. The minimum atomic E-state index is -3.76. The maximum absolute atomic E-state index is 11.3. The van der Waals surface area contributed by atoms with E-state index in [2.05, 4.69) is 4.98 Å². The minimum absolute atomic E-state index is 0.0515. The zero-order chi connectivity index (χ0) is 15.5. The van der Waals surface area contributed by atoms with E-state index in [0.717, 1.165) is 0 Å². The number of aromatic nitrogens is 1. The summed E-state index contributed by atoms with van der Waals surface area (Å²) in [5, 5.41) is 8.94. The predicted octanol–water partition coefficient (Wildman–Crippen LogP) is 2.77. The summed E-state index contributed by atoms with van der Waals surface area (Å²) in [6.07, 6.45) is 1.53. The second kappa shape index (κ2) is 6.12. The zero-order valence-corrected chi connectivity index (χ0v) is 12.6. The van der Waals surface area contributed by atoms with Gasteiger partial charge in [-0.3, -0.25) is 0 Å². The van der Waals surface area contributed by atoms with E-state index < -0.39 is 9.05 Å². The molecule has 21 heavy (non-hydrogen) atoms. The Kier molecular flexibility index (Phi) is 4.46. The number of nitriles is 1. The summed E-state index contributed by atoms with van der Waals surface area (Å²) in [7, 11) is 1.55. The van der Waals surface area contributed by atoms with E-state index in [4.69, 9.17) is 20.7 Å². The van der Waals surface area contributed by atoms with Crippen molar-refractivity contribution in [1.82, 2.24) is 4.98 Å². The average Bonchev–Trinajstić information content (AvgIpc) is 2.44. The quantitative estimate of drug-likeness (QED) is 0.808. The first kappa shape index (κ1) is 15.3. The van der Waals surface area contributed by atoms with Crippen LogP contribution in [0.25, 0.3) is 0 Å². The van der Waals surface area contributed by atoms with E-state index in [9.17, 15) is 8.42 Å². The van der Waals surface area contributed by atoms with Gasteiger partial charge in [0.1, 0.15) is 24.1 Å². The molecule has 0 amide bonds. The Bertz CT molecular complexity index is 813. The van der Waals surface area contributed by atoms with Gasteiger partial charge in [-0.2, -0.15) is 5.26 Å². The normalized spacial score (nSPS) is 10.9. The molecule has 7 heteroatoms. The van der Waals surface area contributed by atoms with Gasteiger partial charge in [0.2, 0.25) is 0 Å². The van der Waals surface area contributed by atoms with Gasteiger partial charge in [-0.25, -0.2) is 13.4 Å². The molecule has 1 heterocycles. The van der Waals surface area contributed by atoms with E-state index in [1.54, 1.807) is 25.1 Å². The number of benzene rings is 1. The molecule has 5 nitrogen and oxygen atoms in total. The van der Waals surface area contributed by atoms with Crippen LogP contribution in [-0.2, 0) is 15.7 Å². The molecule has 0 aliphatic rings. The van der Waals surface area contributed by atoms with Crippen molar-refractivity contribution in [1.29, 1.82) is 5.26 Å². The van der Waals surface area contributed by atoms with E-state index in [-0.39, 0.29) is 11.5 Å². The maximum Gasteiger partial charge on any atom is 0.261 e. The van der Waals surface area contributed by atoms with Crippen LogP contribution >= 0.6 is 10.7 Å². The van der Waals surface area contributed by atoms with Crippen LogP contribution in [0.2, 0.25) is 0 Å². The highest BCUT2D eigenvalue weighted by Crippen LogP contribution is 2.24. The van der Waals surface area contributed by atoms with Crippen molar-refractivity contribution < 1.29 is 13.2 Å². The first-order valence-corrected chi connectivity index (χ1v) is 8.25. The number of hydrogen-bond acceptors (Lipinski definition) is 5. The van der Waals surface area contributed by atoms with Gasteiger partial charge in [0.05, 0.1) is 4.90 Å². The van der Waals surface area contributed by atoms with Crippen LogP contribution in [0.4, 0.5) is 0 Å².